The molecule has 1 unspecified atom stereocenters. The second kappa shape index (κ2) is 8.10. The quantitative estimate of drug-likeness (QED) is 0.847. The Morgan fingerprint density at radius 3 is 2.86 bits per heavy atom. The molecule has 0 spiro atoms. The summed E-state index contributed by atoms with van der Waals surface area (Å²) in [5.41, 5.74) is 1.76. The molecule has 1 aromatic carbocycles. The molecule has 0 fully saturated rings. The van der Waals surface area contributed by atoms with E-state index in [1.807, 2.05) is 30.3 Å². The van der Waals surface area contributed by atoms with Crippen LogP contribution >= 0.6 is 11.3 Å². The van der Waals surface area contributed by atoms with E-state index in [1.54, 1.807) is 17.6 Å². The molecule has 0 aliphatic heterocycles. The number of carbonyl (C=O) groups excluding carboxylic acids is 1. The molecular weight excluding hydrogens is 302 g/mol. The van der Waals surface area contributed by atoms with Crippen LogP contribution in [0.2, 0.25) is 0 Å². The number of anilines is 1. The maximum atomic E-state index is 11.9. The SMILES string of the molecule is CS(=O)Cc1cccc(NC(=O)CCCc2cccs2)c1. The highest BCUT2D eigenvalue weighted by molar-refractivity contribution is 7.83. The predicted molar refractivity (Wildman–Crippen MR) is 90.1 cm³/mol. The van der Waals surface area contributed by atoms with Gasteiger partial charge in [-0.25, -0.2) is 0 Å². The van der Waals surface area contributed by atoms with Crippen LogP contribution in [0.1, 0.15) is 23.3 Å². The highest BCUT2D eigenvalue weighted by Gasteiger charge is 2.04. The van der Waals surface area contributed by atoms with Crippen LogP contribution in [0.4, 0.5) is 5.69 Å². The van der Waals surface area contributed by atoms with E-state index in [9.17, 15) is 9.00 Å². The van der Waals surface area contributed by atoms with Crippen LogP contribution in [0.25, 0.3) is 0 Å². The molecule has 0 saturated heterocycles. The van der Waals surface area contributed by atoms with Gasteiger partial charge in [0, 0.05) is 39.8 Å². The minimum atomic E-state index is -0.871. The molecular formula is C16H19NO2S2. The number of thiophene rings is 1. The highest BCUT2D eigenvalue weighted by atomic mass is 32.2. The molecule has 112 valence electrons. The van der Waals surface area contributed by atoms with E-state index in [2.05, 4.69) is 16.8 Å². The molecule has 1 amide bonds. The van der Waals surface area contributed by atoms with Crippen molar-refractivity contribution < 1.29 is 9.00 Å². The summed E-state index contributed by atoms with van der Waals surface area (Å²) >= 11 is 1.73. The van der Waals surface area contributed by atoms with Crippen molar-refractivity contribution in [3.8, 4) is 0 Å². The molecule has 1 heterocycles. The molecule has 0 bridgehead atoms. The van der Waals surface area contributed by atoms with Gasteiger partial charge >= 0.3 is 0 Å². The maximum Gasteiger partial charge on any atom is 0.224 e. The number of rotatable bonds is 7. The van der Waals surface area contributed by atoms with Crippen molar-refractivity contribution in [2.75, 3.05) is 11.6 Å². The third-order valence-corrected chi connectivity index (χ3v) is 4.66. The summed E-state index contributed by atoms with van der Waals surface area (Å²) in [6.45, 7) is 0. The van der Waals surface area contributed by atoms with Gasteiger partial charge in [-0.3, -0.25) is 9.00 Å². The van der Waals surface area contributed by atoms with Crippen molar-refractivity contribution in [2.45, 2.75) is 25.0 Å². The van der Waals surface area contributed by atoms with Crippen LogP contribution in [0, 0.1) is 0 Å². The zero-order chi connectivity index (χ0) is 15.1. The first kappa shape index (κ1) is 15.9. The van der Waals surface area contributed by atoms with E-state index in [-0.39, 0.29) is 5.91 Å². The molecule has 21 heavy (non-hydrogen) atoms. The molecule has 0 saturated carbocycles. The number of carbonyl (C=O) groups is 1. The number of amides is 1. The topological polar surface area (TPSA) is 46.2 Å². The number of hydrogen-bond donors (Lipinski definition) is 1. The van der Waals surface area contributed by atoms with Crippen LogP contribution in [0.3, 0.4) is 0 Å². The Balaban J connectivity index is 1.80. The van der Waals surface area contributed by atoms with Gasteiger partial charge < -0.3 is 5.32 Å². The lowest BCUT2D eigenvalue weighted by atomic mass is 10.2. The molecule has 1 aromatic heterocycles. The van der Waals surface area contributed by atoms with Gasteiger partial charge in [0.15, 0.2) is 0 Å². The Kier molecular flexibility index (Phi) is 6.14. The Morgan fingerprint density at radius 1 is 1.29 bits per heavy atom. The molecule has 0 aliphatic carbocycles. The van der Waals surface area contributed by atoms with Gasteiger partial charge in [0.1, 0.15) is 0 Å². The van der Waals surface area contributed by atoms with Gasteiger partial charge in [0.2, 0.25) is 5.91 Å². The van der Waals surface area contributed by atoms with Crippen molar-refractivity contribution in [2.24, 2.45) is 0 Å². The summed E-state index contributed by atoms with van der Waals surface area (Å²) in [7, 11) is -0.871. The summed E-state index contributed by atoms with van der Waals surface area (Å²) in [4.78, 5) is 13.2. The lowest BCUT2D eigenvalue weighted by Crippen LogP contribution is -2.11. The van der Waals surface area contributed by atoms with Gasteiger partial charge in [0.25, 0.3) is 0 Å². The lowest BCUT2D eigenvalue weighted by molar-refractivity contribution is -0.116. The summed E-state index contributed by atoms with van der Waals surface area (Å²) < 4.78 is 11.2. The number of nitrogens with one attached hydrogen (secondary N) is 1. The standard InChI is InChI=1S/C16H19NO2S2/c1-21(19)12-13-5-2-6-14(11-13)17-16(18)9-3-7-15-8-4-10-20-15/h2,4-6,8,10-11H,3,7,9,12H2,1H3,(H,17,18). The minimum absolute atomic E-state index is 0.0290. The fourth-order valence-corrected chi connectivity index (χ4v) is 3.48. The Morgan fingerprint density at radius 2 is 2.14 bits per heavy atom. The second-order valence-corrected chi connectivity index (χ2v) is 7.37. The Labute approximate surface area is 131 Å². The molecule has 1 N–H and O–H groups in total. The predicted octanol–water partition coefficient (Wildman–Crippen LogP) is 3.59. The van der Waals surface area contributed by atoms with Crippen molar-refractivity contribution in [1.82, 2.24) is 0 Å². The van der Waals surface area contributed by atoms with Crippen molar-refractivity contribution in [1.29, 1.82) is 0 Å². The molecule has 0 radical (unpaired) electrons. The van der Waals surface area contributed by atoms with E-state index < -0.39 is 10.8 Å². The van der Waals surface area contributed by atoms with Crippen molar-refractivity contribution >= 4 is 33.7 Å². The third kappa shape index (κ3) is 5.81. The molecule has 2 aromatic rings. The van der Waals surface area contributed by atoms with E-state index in [1.165, 1.54) is 4.88 Å². The fourth-order valence-electron chi connectivity index (χ4n) is 2.08. The number of benzene rings is 1. The highest BCUT2D eigenvalue weighted by Crippen LogP contribution is 2.14. The van der Waals surface area contributed by atoms with Crippen LogP contribution in [0.5, 0.6) is 0 Å². The van der Waals surface area contributed by atoms with Gasteiger partial charge in [0.05, 0.1) is 0 Å². The average Bonchev–Trinajstić information content (AvgIpc) is 2.91. The van der Waals surface area contributed by atoms with Gasteiger partial charge in [-0.15, -0.1) is 11.3 Å². The third-order valence-electron chi connectivity index (χ3n) is 2.99. The number of hydrogen-bond acceptors (Lipinski definition) is 3. The smallest absolute Gasteiger partial charge is 0.224 e. The van der Waals surface area contributed by atoms with Crippen LogP contribution in [-0.4, -0.2) is 16.4 Å². The Hall–Kier alpha value is -1.46. The zero-order valence-corrected chi connectivity index (χ0v) is 13.6. The van der Waals surface area contributed by atoms with E-state index in [0.717, 1.165) is 24.1 Å². The van der Waals surface area contributed by atoms with Crippen LogP contribution in [0.15, 0.2) is 41.8 Å². The summed E-state index contributed by atoms with van der Waals surface area (Å²) in [5.74, 6) is 0.545. The van der Waals surface area contributed by atoms with Gasteiger partial charge in [-0.2, -0.15) is 0 Å². The van der Waals surface area contributed by atoms with Crippen LogP contribution in [-0.2, 0) is 27.8 Å². The van der Waals surface area contributed by atoms with E-state index >= 15 is 0 Å². The molecule has 2 rings (SSSR count). The van der Waals surface area contributed by atoms with Gasteiger partial charge in [-0.1, -0.05) is 18.2 Å². The molecule has 1 atom stereocenters. The lowest BCUT2D eigenvalue weighted by Gasteiger charge is -2.07. The average molecular weight is 321 g/mol. The van der Waals surface area contributed by atoms with Crippen molar-refractivity contribution in [3.05, 3.63) is 52.2 Å². The minimum Gasteiger partial charge on any atom is -0.326 e. The molecule has 3 nitrogen and oxygen atoms in total. The first-order chi connectivity index (χ1) is 10.1. The fraction of sp³-hybridized carbons (Fsp3) is 0.312. The second-order valence-electron chi connectivity index (χ2n) is 4.90. The van der Waals surface area contributed by atoms with E-state index in [0.29, 0.717) is 12.2 Å². The van der Waals surface area contributed by atoms with Crippen LogP contribution < -0.4 is 5.32 Å². The molecule has 0 aliphatic rings. The Bertz CT molecular complexity index is 608. The summed E-state index contributed by atoms with van der Waals surface area (Å²) in [6, 6.07) is 11.7. The largest absolute Gasteiger partial charge is 0.326 e. The normalized spacial score (nSPS) is 12.0. The summed E-state index contributed by atoms with van der Waals surface area (Å²) in [6.07, 6.45) is 3.99. The first-order valence-corrected chi connectivity index (χ1v) is 9.45. The van der Waals surface area contributed by atoms with E-state index in [4.69, 9.17) is 0 Å². The van der Waals surface area contributed by atoms with Gasteiger partial charge in [-0.05, 0) is 42.0 Å². The number of aryl methyl sites for hydroxylation is 1. The summed E-state index contributed by atoms with van der Waals surface area (Å²) in [5, 5.41) is 4.96. The molecule has 5 heteroatoms. The first-order valence-electron chi connectivity index (χ1n) is 6.84. The monoisotopic (exact) mass is 321 g/mol. The zero-order valence-electron chi connectivity index (χ0n) is 12.0. The van der Waals surface area contributed by atoms with Crippen molar-refractivity contribution in [3.63, 3.8) is 0 Å². The maximum absolute atomic E-state index is 11.9.